The Balaban J connectivity index is 1.61. The molecule has 0 radical (unpaired) electrons. The van der Waals surface area contributed by atoms with E-state index in [0.717, 1.165) is 17.7 Å². The van der Waals surface area contributed by atoms with Crippen LogP contribution in [0.3, 0.4) is 0 Å². The zero-order valence-electron chi connectivity index (χ0n) is 12.4. The van der Waals surface area contributed by atoms with E-state index in [9.17, 15) is 4.79 Å². The molecule has 0 fully saturated rings. The average molecular weight is 326 g/mol. The lowest BCUT2D eigenvalue weighted by Gasteiger charge is -2.07. The molecule has 0 atom stereocenters. The SMILES string of the molecule is O=C(NCc1cccc(Cc2cnc[nH]2)c1)c1ccc(Cl)cc1. The van der Waals surface area contributed by atoms with Gasteiger partial charge in [-0.25, -0.2) is 4.98 Å². The Hall–Kier alpha value is -2.59. The molecule has 1 heterocycles. The van der Waals surface area contributed by atoms with Gasteiger partial charge in [0.25, 0.3) is 5.91 Å². The van der Waals surface area contributed by atoms with E-state index < -0.39 is 0 Å². The summed E-state index contributed by atoms with van der Waals surface area (Å²) in [6.45, 7) is 0.484. The van der Waals surface area contributed by atoms with Crippen molar-refractivity contribution >= 4 is 17.5 Å². The number of aromatic nitrogens is 2. The van der Waals surface area contributed by atoms with Crippen LogP contribution in [0, 0.1) is 0 Å². The number of nitrogens with one attached hydrogen (secondary N) is 2. The Kier molecular flexibility index (Phi) is 4.74. The quantitative estimate of drug-likeness (QED) is 0.753. The molecule has 3 aromatic rings. The van der Waals surface area contributed by atoms with Crippen molar-refractivity contribution in [2.45, 2.75) is 13.0 Å². The van der Waals surface area contributed by atoms with Crippen molar-refractivity contribution in [1.82, 2.24) is 15.3 Å². The van der Waals surface area contributed by atoms with Crippen LogP contribution in [0.2, 0.25) is 5.02 Å². The van der Waals surface area contributed by atoms with Gasteiger partial charge in [-0.15, -0.1) is 0 Å². The summed E-state index contributed by atoms with van der Waals surface area (Å²) in [5, 5.41) is 3.54. The number of carbonyl (C=O) groups excluding carboxylic acids is 1. The van der Waals surface area contributed by atoms with Crippen LogP contribution in [-0.2, 0) is 13.0 Å². The molecule has 4 nitrogen and oxygen atoms in total. The Labute approximate surface area is 139 Å². The predicted molar refractivity (Wildman–Crippen MR) is 90.5 cm³/mol. The Morgan fingerprint density at radius 1 is 1.13 bits per heavy atom. The van der Waals surface area contributed by atoms with E-state index in [-0.39, 0.29) is 5.91 Å². The fourth-order valence-corrected chi connectivity index (χ4v) is 2.46. The molecule has 2 aromatic carbocycles. The van der Waals surface area contributed by atoms with Crippen LogP contribution in [0.15, 0.2) is 61.1 Å². The summed E-state index contributed by atoms with van der Waals surface area (Å²) in [5.41, 5.74) is 3.90. The third-order valence-corrected chi connectivity index (χ3v) is 3.75. The summed E-state index contributed by atoms with van der Waals surface area (Å²) in [7, 11) is 0. The highest BCUT2D eigenvalue weighted by atomic mass is 35.5. The second-order valence-corrected chi connectivity index (χ2v) is 5.70. The van der Waals surface area contributed by atoms with E-state index in [1.807, 2.05) is 18.3 Å². The number of hydrogen-bond donors (Lipinski definition) is 2. The molecule has 0 saturated heterocycles. The van der Waals surface area contributed by atoms with Gasteiger partial charge in [0, 0.05) is 35.4 Å². The number of aromatic amines is 1. The van der Waals surface area contributed by atoms with Crippen LogP contribution in [-0.4, -0.2) is 15.9 Å². The van der Waals surface area contributed by atoms with Gasteiger partial charge in [-0.05, 0) is 35.4 Å². The van der Waals surface area contributed by atoms with Crippen molar-refractivity contribution in [3.63, 3.8) is 0 Å². The lowest BCUT2D eigenvalue weighted by molar-refractivity contribution is 0.0951. The first kappa shape index (κ1) is 15.3. The summed E-state index contributed by atoms with van der Waals surface area (Å²) >= 11 is 5.83. The summed E-state index contributed by atoms with van der Waals surface area (Å²) in [4.78, 5) is 19.2. The van der Waals surface area contributed by atoms with Crippen molar-refractivity contribution in [2.75, 3.05) is 0 Å². The zero-order valence-corrected chi connectivity index (χ0v) is 13.2. The minimum atomic E-state index is -0.111. The molecule has 3 rings (SSSR count). The third kappa shape index (κ3) is 4.20. The molecule has 0 unspecified atom stereocenters. The molecule has 0 bridgehead atoms. The smallest absolute Gasteiger partial charge is 0.251 e. The van der Waals surface area contributed by atoms with Crippen LogP contribution >= 0.6 is 11.6 Å². The van der Waals surface area contributed by atoms with Crippen molar-refractivity contribution in [1.29, 1.82) is 0 Å². The summed E-state index contributed by atoms with van der Waals surface area (Å²) in [6, 6.07) is 15.0. The third-order valence-electron chi connectivity index (χ3n) is 3.50. The van der Waals surface area contributed by atoms with Crippen LogP contribution in [0.1, 0.15) is 27.2 Å². The van der Waals surface area contributed by atoms with E-state index >= 15 is 0 Å². The Morgan fingerprint density at radius 3 is 2.65 bits per heavy atom. The van der Waals surface area contributed by atoms with Crippen molar-refractivity contribution in [3.8, 4) is 0 Å². The minimum absolute atomic E-state index is 0.111. The fraction of sp³-hybridized carbons (Fsp3) is 0.111. The largest absolute Gasteiger partial charge is 0.348 e. The zero-order chi connectivity index (χ0) is 16.1. The second kappa shape index (κ2) is 7.11. The maximum absolute atomic E-state index is 12.1. The number of imidazole rings is 1. The summed E-state index contributed by atoms with van der Waals surface area (Å²) in [5.74, 6) is -0.111. The molecule has 5 heteroatoms. The fourth-order valence-electron chi connectivity index (χ4n) is 2.34. The molecule has 1 aromatic heterocycles. The van der Waals surface area contributed by atoms with Gasteiger partial charge in [-0.3, -0.25) is 4.79 Å². The standard InChI is InChI=1S/C18H16ClN3O/c19-16-6-4-15(5-7-16)18(23)21-10-14-3-1-2-13(8-14)9-17-11-20-12-22-17/h1-8,11-12H,9-10H2,(H,20,22)(H,21,23). The molecule has 23 heavy (non-hydrogen) atoms. The van der Waals surface area contributed by atoms with Gasteiger partial charge < -0.3 is 10.3 Å². The van der Waals surface area contributed by atoms with Gasteiger partial charge in [-0.1, -0.05) is 35.9 Å². The number of amides is 1. The first-order valence-corrected chi connectivity index (χ1v) is 7.67. The molecule has 116 valence electrons. The van der Waals surface area contributed by atoms with Crippen LogP contribution in [0.4, 0.5) is 0 Å². The number of H-pyrrole nitrogens is 1. The number of benzene rings is 2. The van der Waals surface area contributed by atoms with Gasteiger partial charge in [0.1, 0.15) is 0 Å². The van der Waals surface area contributed by atoms with Crippen LogP contribution < -0.4 is 5.32 Å². The minimum Gasteiger partial charge on any atom is -0.348 e. The highest BCUT2D eigenvalue weighted by molar-refractivity contribution is 6.30. The van der Waals surface area contributed by atoms with E-state index in [1.54, 1.807) is 30.6 Å². The molecule has 0 aliphatic heterocycles. The lowest BCUT2D eigenvalue weighted by Crippen LogP contribution is -2.22. The molecule has 0 aliphatic carbocycles. The number of rotatable bonds is 5. The van der Waals surface area contributed by atoms with E-state index in [1.165, 1.54) is 5.56 Å². The highest BCUT2D eigenvalue weighted by Crippen LogP contribution is 2.11. The van der Waals surface area contributed by atoms with Crippen molar-refractivity contribution in [3.05, 3.63) is 88.5 Å². The van der Waals surface area contributed by atoms with Gasteiger partial charge >= 0.3 is 0 Å². The predicted octanol–water partition coefficient (Wildman–Crippen LogP) is 3.58. The van der Waals surface area contributed by atoms with Gasteiger partial charge in [0.05, 0.1) is 6.33 Å². The summed E-state index contributed by atoms with van der Waals surface area (Å²) < 4.78 is 0. The topological polar surface area (TPSA) is 57.8 Å². The number of nitrogens with zero attached hydrogens (tertiary/aromatic N) is 1. The molecule has 0 saturated carbocycles. The van der Waals surface area contributed by atoms with Crippen LogP contribution in [0.25, 0.3) is 0 Å². The Morgan fingerprint density at radius 2 is 1.91 bits per heavy atom. The maximum atomic E-state index is 12.1. The average Bonchev–Trinajstić information content (AvgIpc) is 3.07. The molecule has 2 N–H and O–H groups in total. The lowest BCUT2D eigenvalue weighted by atomic mass is 10.1. The molecular formula is C18H16ClN3O. The second-order valence-electron chi connectivity index (χ2n) is 5.26. The van der Waals surface area contributed by atoms with E-state index in [4.69, 9.17) is 11.6 Å². The van der Waals surface area contributed by atoms with Gasteiger partial charge in [0.15, 0.2) is 0 Å². The van der Waals surface area contributed by atoms with Crippen molar-refractivity contribution < 1.29 is 4.79 Å². The summed E-state index contributed by atoms with van der Waals surface area (Å²) in [6.07, 6.45) is 4.28. The van der Waals surface area contributed by atoms with Crippen LogP contribution in [0.5, 0.6) is 0 Å². The highest BCUT2D eigenvalue weighted by Gasteiger charge is 2.05. The number of hydrogen-bond acceptors (Lipinski definition) is 2. The van der Waals surface area contributed by atoms with E-state index in [2.05, 4.69) is 27.4 Å². The monoisotopic (exact) mass is 325 g/mol. The number of carbonyl (C=O) groups is 1. The molecule has 1 amide bonds. The van der Waals surface area contributed by atoms with Crippen molar-refractivity contribution in [2.24, 2.45) is 0 Å². The Bertz CT molecular complexity index is 782. The maximum Gasteiger partial charge on any atom is 0.251 e. The van der Waals surface area contributed by atoms with Gasteiger partial charge in [-0.2, -0.15) is 0 Å². The molecular weight excluding hydrogens is 310 g/mol. The first-order chi connectivity index (χ1) is 11.2. The van der Waals surface area contributed by atoms with Gasteiger partial charge in [0.2, 0.25) is 0 Å². The molecule has 0 aliphatic rings. The van der Waals surface area contributed by atoms with E-state index in [0.29, 0.717) is 17.1 Å². The number of halogens is 1. The molecule has 0 spiro atoms. The normalized spacial score (nSPS) is 10.5. The first-order valence-electron chi connectivity index (χ1n) is 7.29.